The minimum Gasteiger partial charge on any atom is -0.382 e. The van der Waals surface area contributed by atoms with Crippen LogP contribution in [0.1, 0.15) is 5.56 Å². The third-order valence-corrected chi connectivity index (χ3v) is 2.13. The number of nitrogens with one attached hydrogen (secondary N) is 1. The van der Waals surface area contributed by atoms with E-state index in [1.165, 1.54) is 0 Å². The summed E-state index contributed by atoms with van der Waals surface area (Å²) in [6, 6.07) is 11.0. The number of nitrogens with zero attached hydrogens (tertiary/aromatic N) is 2. The molecule has 1 aromatic carbocycles. The third kappa shape index (κ3) is 1.64. The molecule has 78 valence electrons. The highest BCUT2D eigenvalue weighted by molar-refractivity contribution is 5.71. The van der Waals surface area contributed by atoms with Gasteiger partial charge in [0.25, 0.3) is 0 Å². The van der Waals surface area contributed by atoms with Gasteiger partial charge in [-0.1, -0.05) is 30.3 Å². The Morgan fingerprint density at radius 1 is 1.31 bits per heavy atom. The van der Waals surface area contributed by atoms with Gasteiger partial charge in [-0.3, -0.25) is 0 Å². The summed E-state index contributed by atoms with van der Waals surface area (Å²) in [6.07, 6.45) is 0. The van der Waals surface area contributed by atoms with Crippen molar-refractivity contribution in [2.45, 2.75) is 0 Å². The first-order chi connectivity index (χ1) is 7.72. The molecule has 0 unspecified atom stereocenters. The summed E-state index contributed by atoms with van der Waals surface area (Å²) in [6.45, 7) is 0. The number of hydrogen-bond donors (Lipinski definition) is 2. The van der Waals surface area contributed by atoms with E-state index in [9.17, 15) is 4.79 Å². The van der Waals surface area contributed by atoms with Crippen LogP contribution in [-0.4, -0.2) is 9.97 Å². The molecule has 0 radical (unpaired) electrons. The highest BCUT2D eigenvalue weighted by atomic mass is 16.1. The average Bonchev–Trinajstić information content (AvgIpc) is 2.29. The summed E-state index contributed by atoms with van der Waals surface area (Å²) in [7, 11) is 0. The van der Waals surface area contributed by atoms with Gasteiger partial charge >= 0.3 is 5.69 Å². The standard InChI is InChI=1S/C11H8N4O/c12-6-8-9(7-4-2-1-3-5-7)14-11(16)15-10(8)13/h1-5H,(H3,13,14,15,16). The molecule has 2 rings (SSSR count). The number of anilines is 1. The highest BCUT2D eigenvalue weighted by Gasteiger charge is 2.10. The van der Waals surface area contributed by atoms with Gasteiger partial charge in [-0.15, -0.1) is 0 Å². The van der Waals surface area contributed by atoms with Crippen LogP contribution >= 0.6 is 0 Å². The van der Waals surface area contributed by atoms with E-state index in [1.807, 2.05) is 24.3 Å². The molecule has 0 fully saturated rings. The first-order valence-corrected chi connectivity index (χ1v) is 4.57. The molecule has 5 heteroatoms. The van der Waals surface area contributed by atoms with Crippen molar-refractivity contribution in [1.29, 1.82) is 5.26 Å². The molecular weight excluding hydrogens is 204 g/mol. The average molecular weight is 212 g/mol. The maximum absolute atomic E-state index is 11.2. The van der Waals surface area contributed by atoms with E-state index in [1.54, 1.807) is 12.1 Å². The predicted molar refractivity (Wildman–Crippen MR) is 59.4 cm³/mol. The SMILES string of the molecule is N#Cc1c(N)nc(=O)[nH]c1-c1ccccc1. The second-order valence-corrected chi connectivity index (χ2v) is 3.16. The summed E-state index contributed by atoms with van der Waals surface area (Å²) in [5.74, 6) is -0.0508. The topological polar surface area (TPSA) is 95.6 Å². The number of aromatic nitrogens is 2. The number of hydrogen-bond acceptors (Lipinski definition) is 4. The van der Waals surface area contributed by atoms with Crippen LogP contribution in [0, 0.1) is 11.3 Å². The molecule has 0 saturated carbocycles. The Hall–Kier alpha value is -2.61. The lowest BCUT2D eigenvalue weighted by molar-refractivity contribution is 1.08. The van der Waals surface area contributed by atoms with Gasteiger partial charge in [0.1, 0.15) is 17.5 Å². The van der Waals surface area contributed by atoms with Gasteiger partial charge < -0.3 is 10.7 Å². The van der Waals surface area contributed by atoms with Crippen molar-refractivity contribution in [2.75, 3.05) is 5.73 Å². The van der Waals surface area contributed by atoms with Crippen LogP contribution in [0.2, 0.25) is 0 Å². The molecule has 0 amide bonds. The van der Waals surface area contributed by atoms with Crippen molar-refractivity contribution in [3.8, 4) is 17.3 Å². The lowest BCUT2D eigenvalue weighted by atomic mass is 10.1. The van der Waals surface area contributed by atoms with Crippen molar-refractivity contribution >= 4 is 5.82 Å². The van der Waals surface area contributed by atoms with Crippen LogP contribution in [0.25, 0.3) is 11.3 Å². The van der Waals surface area contributed by atoms with Crippen molar-refractivity contribution in [1.82, 2.24) is 9.97 Å². The summed E-state index contributed by atoms with van der Waals surface area (Å²) in [5, 5.41) is 8.96. The van der Waals surface area contributed by atoms with E-state index in [2.05, 4.69) is 9.97 Å². The minimum atomic E-state index is -0.560. The molecule has 5 nitrogen and oxygen atoms in total. The largest absolute Gasteiger partial charge is 0.382 e. The normalized spacial score (nSPS) is 9.69. The van der Waals surface area contributed by atoms with E-state index >= 15 is 0 Å². The molecule has 16 heavy (non-hydrogen) atoms. The molecular formula is C11H8N4O. The zero-order valence-electron chi connectivity index (χ0n) is 8.27. The summed E-state index contributed by atoms with van der Waals surface area (Å²) >= 11 is 0. The molecule has 0 atom stereocenters. The minimum absolute atomic E-state index is 0.0508. The second-order valence-electron chi connectivity index (χ2n) is 3.16. The van der Waals surface area contributed by atoms with Crippen LogP contribution in [0.3, 0.4) is 0 Å². The molecule has 0 spiro atoms. The number of aromatic amines is 1. The maximum Gasteiger partial charge on any atom is 0.347 e. The molecule has 0 aliphatic carbocycles. The molecule has 0 bridgehead atoms. The molecule has 0 aliphatic heterocycles. The maximum atomic E-state index is 11.2. The molecule has 3 N–H and O–H groups in total. The summed E-state index contributed by atoms with van der Waals surface area (Å²) in [4.78, 5) is 17.2. The van der Waals surface area contributed by atoms with Gasteiger partial charge in [0.2, 0.25) is 0 Å². The predicted octanol–water partition coefficient (Wildman–Crippen LogP) is 0.891. The monoisotopic (exact) mass is 212 g/mol. The quantitative estimate of drug-likeness (QED) is 0.733. The van der Waals surface area contributed by atoms with Crippen molar-refractivity contribution < 1.29 is 0 Å². The van der Waals surface area contributed by atoms with Crippen molar-refractivity contribution in [2.24, 2.45) is 0 Å². The van der Waals surface area contributed by atoms with Crippen LogP contribution in [-0.2, 0) is 0 Å². The number of benzene rings is 1. The fourth-order valence-electron chi connectivity index (χ4n) is 1.43. The number of nitrogens with two attached hydrogens (primary N) is 1. The fraction of sp³-hybridized carbons (Fsp3) is 0. The second kappa shape index (κ2) is 3.87. The van der Waals surface area contributed by atoms with E-state index in [4.69, 9.17) is 11.0 Å². The van der Waals surface area contributed by atoms with Gasteiger partial charge in [0.15, 0.2) is 0 Å². The molecule has 1 heterocycles. The molecule has 0 saturated heterocycles. The molecule has 1 aromatic heterocycles. The first kappa shape index (κ1) is 9.93. The Labute approximate surface area is 91.2 Å². The lowest BCUT2D eigenvalue weighted by Gasteiger charge is -2.04. The lowest BCUT2D eigenvalue weighted by Crippen LogP contribution is -2.15. The summed E-state index contributed by atoms with van der Waals surface area (Å²) in [5.41, 5.74) is 6.27. The third-order valence-electron chi connectivity index (χ3n) is 2.13. The van der Waals surface area contributed by atoms with E-state index in [0.29, 0.717) is 5.69 Å². The van der Waals surface area contributed by atoms with Crippen molar-refractivity contribution in [3.63, 3.8) is 0 Å². The Balaban J connectivity index is 2.75. The number of nitriles is 1. The Morgan fingerprint density at radius 2 is 2.00 bits per heavy atom. The van der Waals surface area contributed by atoms with Gasteiger partial charge in [-0.2, -0.15) is 10.2 Å². The number of nitrogen functional groups attached to an aromatic ring is 1. The van der Waals surface area contributed by atoms with Gasteiger partial charge in [0.05, 0.1) is 5.69 Å². The van der Waals surface area contributed by atoms with Crippen LogP contribution in [0.5, 0.6) is 0 Å². The first-order valence-electron chi connectivity index (χ1n) is 4.57. The summed E-state index contributed by atoms with van der Waals surface area (Å²) < 4.78 is 0. The van der Waals surface area contributed by atoms with E-state index < -0.39 is 5.69 Å². The smallest absolute Gasteiger partial charge is 0.347 e. The molecule has 2 aromatic rings. The Kier molecular flexibility index (Phi) is 2.40. The number of H-pyrrole nitrogens is 1. The zero-order valence-corrected chi connectivity index (χ0v) is 8.27. The van der Waals surface area contributed by atoms with E-state index in [0.717, 1.165) is 5.56 Å². The van der Waals surface area contributed by atoms with E-state index in [-0.39, 0.29) is 11.4 Å². The zero-order chi connectivity index (χ0) is 11.5. The van der Waals surface area contributed by atoms with Gasteiger partial charge in [0, 0.05) is 0 Å². The van der Waals surface area contributed by atoms with Crippen LogP contribution < -0.4 is 11.4 Å². The van der Waals surface area contributed by atoms with Gasteiger partial charge in [-0.25, -0.2) is 4.79 Å². The highest BCUT2D eigenvalue weighted by Crippen LogP contribution is 2.21. The Morgan fingerprint density at radius 3 is 2.62 bits per heavy atom. The Bertz CT molecular complexity index is 610. The number of rotatable bonds is 1. The van der Waals surface area contributed by atoms with Crippen LogP contribution in [0.4, 0.5) is 5.82 Å². The van der Waals surface area contributed by atoms with Crippen LogP contribution in [0.15, 0.2) is 35.1 Å². The molecule has 0 aliphatic rings. The fourth-order valence-corrected chi connectivity index (χ4v) is 1.43. The van der Waals surface area contributed by atoms with Gasteiger partial charge in [-0.05, 0) is 5.56 Å². The van der Waals surface area contributed by atoms with Crippen molar-refractivity contribution in [3.05, 3.63) is 46.4 Å².